The molecule has 3 heteroatoms. The Morgan fingerprint density at radius 3 is 2.36 bits per heavy atom. The zero-order valence-electron chi connectivity index (χ0n) is 8.16. The maximum Gasteiger partial charge on any atom is 0.132 e. The summed E-state index contributed by atoms with van der Waals surface area (Å²) in [5, 5.41) is 0. The lowest BCUT2D eigenvalue weighted by Gasteiger charge is -2.03. The highest BCUT2D eigenvalue weighted by molar-refractivity contribution is 9.10. The van der Waals surface area contributed by atoms with E-state index in [1.807, 2.05) is 11.6 Å². The quantitative estimate of drug-likeness (QED) is 0.761. The van der Waals surface area contributed by atoms with Crippen molar-refractivity contribution in [2.24, 2.45) is 7.05 Å². The van der Waals surface area contributed by atoms with Crippen molar-refractivity contribution in [3.63, 3.8) is 0 Å². The lowest BCUT2D eigenvalue weighted by atomic mass is 10.1. The molecule has 1 aromatic carbocycles. The molecule has 0 aliphatic rings. The minimum atomic E-state index is 0.892. The fourth-order valence-corrected chi connectivity index (χ4v) is 2.04. The highest BCUT2D eigenvalue weighted by Gasteiger charge is 2.07. The van der Waals surface area contributed by atoms with Gasteiger partial charge in [-0.1, -0.05) is 29.8 Å². The molecule has 0 radical (unpaired) electrons. The summed E-state index contributed by atoms with van der Waals surface area (Å²) in [5.41, 5.74) is 3.57. The molecule has 1 heterocycles. The summed E-state index contributed by atoms with van der Waals surface area (Å²) in [7, 11) is 1.99. The fraction of sp³-hybridized carbons (Fsp3) is 0.182. The summed E-state index contributed by atoms with van der Waals surface area (Å²) in [4.78, 5) is 4.19. The number of nitrogens with zero attached hydrogens (tertiary/aromatic N) is 2. The molecule has 14 heavy (non-hydrogen) atoms. The van der Waals surface area contributed by atoms with E-state index in [2.05, 4.69) is 52.1 Å². The Morgan fingerprint density at radius 2 is 1.86 bits per heavy atom. The van der Waals surface area contributed by atoms with Crippen molar-refractivity contribution in [2.75, 3.05) is 0 Å². The van der Waals surface area contributed by atoms with Crippen LogP contribution in [0.5, 0.6) is 0 Å². The van der Waals surface area contributed by atoms with Gasteiger partial charge in [-0.15, -0.1) is 0 Å². The van der Waals surface area contributed by atoms with Crippen LogP contribution in [0.3, 0.4) is 0 Å². The van der Waals surface area contributed by atoms with Gasteiger partial charge in [0.15, 0.2) is 0 Å². The SMILES string of the molecule is Cc1ccc(-c2c(Br)ncn2C)cc1. The number of imidazole rings is 1. The van der Waals surface area contributed by atoms with Gasteiger partial charge in [-0.3, -0.25) is 0 Å². The molecule has 0 bridgehead atoms. The van der Waals surface area contributed by atoms with Crippen LogP contribution in [0.25, 0.3) is 11.3 Å². The molecule has 0 aliphatic carbocycles. The molecule has 0 spiro atoms. The van der Waals surface area contributed by atoms with E-state index in [0.29, 0.717) is 0 Å². The zero-order chi connectivity index (χ0) is 10.1. The van der Waals surface area contributed by atoms with Crippen molar-refractivity contribution in [1.82, 2.24) is 9.55 Å². The van der Waals surface area contributed by atoms with E-state index in [4.69, 9.17) is 0 Å². The molecule has 2 aromatic rings. The summed E-state index contributed by atoms with van der Waals surface area (Å²) >= 11 is 3.44. The molecule has 0 fully saturated rings. The van der Waals surface area contributed by atoms with Crippen LogP contribution in [0.1, 0.15) is 5.56 Å². The molecule has 72 valence electrons. The van der Waals surface area contributed by atoms with Gasteiger partial charge >= 0.3 is 0 Å². The molecule has 0 atom stereocenters. The van der Waals surface area contributed by atoms with Crippen LogP contribution >= 0.6 is 15.9 Å². The zero-order valence-corrected chi connectivity index (χ0v) is 9.75. The Balaban J connectivity index is 2.54. The van der Waals surface area contributed by atoms with Gasteiger partial charge in [-0.05, 0) is 22.9 Å². The lowest BCUT2D eigenvalue weighted by Crippen LogP contribution is -1.89. The maximum absolute atomic E-state index is 4.19. The minimum Gasteiger partial charge on any atom is -0.333 e. The van der Waals surface area contributed by atoms with E-state index in [9.17, 15) is 0 Å². The highest BCUT2D eigenvalue weighted by Crippen LogP contribution is 2.26. The topological polar surface area (TPSA) is 17.8 Å². The largest absolute Gasteiger partial charge is 0.333 e. The smallest absolute Gasteiger partial charge is 0.132 e. The molecule has 2 rings (SSSR count). The van der Waals surface area contributed by atoms with Crippen molar-refractivity contribution in [3.05, 3.63) is 40.8 Å². The predicted octanol–water partition coefficient (Wildman–Crippen LogP) is 3.16. The molecular formula is C11H11BrN2. The monoisotopic (exact) mass is 250 g/mol. The summed E-state index contributed by atoms with van der Waals surface area (Å²) in [5.74, 6) is 0. The van der Waals surface area contributed by atoms with E-state index >= 15 is 0 Å². The summed E-state index contributed by atoms with van der Waals surface area (Å²) in [6.45, 7) is 2.09. The number of hydrogen-bond donors (Lipinski definition) is 0. The Bertz CT molecular complexity index is 423. The van der Waals surface area contributed by atoms with Crippen LogP contribution in [0.4, 0.5) is 0 Å². The van der Waals surface area contributed by atoms with Crippen LogP contribution in [0, 0.1) is 6.92 Å². The first-order valence-corrected chi connectivity index (χ1v) is 5.21. The van der Waals surface area contributed by atoms with Crippen molar-refractivity contribution in [1.29, 1.82) is 0 Å². The fourth-order valence-electron chi connectivity index (χ4n) is 1.44. The van der Waals surface area contributed by atoms with Gasteiger partial charge in [0.2, 0.25) is 0 Å². The molecule has 0 unspecified atom stereocenters. The summed E-state index contributed by atoms with van der Waals surface area (Å²) < 4.78 is 2.90. The van der Waals surface area contributed by atoms with Gasteiger partial charge in [0.1, 0.15) is 4.60 Å². The summed E-state index contributed by atoms with van der Waals surface area (Å²) in [6.07, 6.45) is 1.80. The first kappa shape index (κ1) is 9.46. The van der Waals surface area contributed by atoms with Crippen molar-refractivity contribution < 1.29 is 0 Å². The minimum absolute atomic E-state index is 0.892. The Morgan fingerprint density at radius 1 is 1.21 bits per heavy atom. The Labute approximate surface area is 91.7 Å². The van der Waals surface area contributed by atoms with Crippen molar-refractivity contribution in [3.8, 4) is 11.3 Å². The predicted molar refractivity (Wildman–Crippen MR) is 61.1 cm³/mol. The summed E-state index contributed by atoms with van der Waals surface area (Å²) in [6, 6.07) is 8.43. The number of rotatable bonds is 1. The Kier molecular flexibility index (Phi) is 2.42. The van der Waals surface area contributed by atoms with Gasteiger partial charge < -0.3 is 4.57 Å². The van der Waals surface area contributed by atoms with Crippen LogP contribution in [0.2, 0.25) is 0 Å². The second-order valence-electron chi connectivity index (χ2n) is 3.36. The molecule has 0 aliphatic heterocycles. The van der Waals surface area contributed by atoms with Gasteiger partial charge in [0, 0.05) is 12.6 Å². The van der Waals surface area contributed by atoms with E-state index in [1.165, 1.54) is 11.1 Å². The van der Waals surface area contributed by atoms with Gasteiger partial charge in [0.25, 0.3) is 0 Å². The van der Waals surface area contributed by atoms with E-state index in [1.54, 1.807) is 6.33 Å². The first-order valence-electron chi connectivity index (χ1n) is 4.42. The normalized spacial score (nSPS) is 10.5. The van der Waals surface area contributed by atoms with Gasteiger partial charge in [0.05, 0.1) is 12.0 Å². The van der Waals surface area contributed by atoms with Gasteiger partial charge in [-0.25, -0.2) is 4.98 Å². The maximum atomic E-state index is 4.19. The third-order valence-corrected chi connectivity index (χ3v) is 2.80. The number of halogens is 1. The Hall–Kier alpha value is -1.09. The lowest BCUT2D eigenvalue weighted by molar-refractivity contribution is 0.921. The number of aryl methyl sites for hydroxylation is 2. The van der Waals surface area contributed by atoms with Crippen LogP contribution < -0.4 is 0 Å². The van der Waals surface area contributed by atoms with Crippen LogP contribution in [-0.4, -0.2) is 9.55 Å². The van der Waals surface area contributed by atoms with E-state index in [0.717, 1.165) is 10.3 Å². The molecule has 0 amide bonds. The highest BCUT2D eigenvalue weighted by atomic mass is 79.9. The molecule has 0 saturated heterocycles. The third-order valence-electron chi connectivity index (χ3n) is 2.22. The number of aromatic nitrogens is 2. The first-order chi connectivity index (χ1) is 6.68. The second kappa shape index (κ2) is 3.58. The third kappa shape index (κ3) is 1.60. The van der Waals surface area contributed by atoms with Crippen LogP contribution in [-0.2, 0) is 7.05 Å². The second-order valence-corrected chi connectivity index (χ2v) is 4.11. The molecule has 1 aromatic heterocycles. The molecule has 2 nitrogen and oxygen atoms in total. The molecular weight excluding hydrogens is 240 g/mol. The standard InChI is InChI=1S/C11H11BrN2/c1-8-3-5-9(6-4-8)10-11(12)13-7-14(10)2/h3-7H,1-2H3. The number of hydrogen-bond acceptors (Lipinski definition) is 1. The van der Waals surface area contributed by atoms with Gasteiger partial charge in [-0.2, -0.15) is 0 Å². The van der Waals surface area contributed by atoms with Crippen molar-refractivity contribution >= 4 is 15.9 Å². The molecule has 0 saturated carbocycles. The van der Waals surface area contributed by atoms with Crippen molar-refractivity contribution in [2.45, 2.75) is 6.92 Å². The number of benzene rings is 1. The average Bonchev–Trinajstić information content (AvgIpc) is 2.49. The van der Waals surface area contributed by atoms with E-state index < -0.39 is 0 Å². The molecule has 0 N–H and O–H groups in total. The van der Waals surface area contributed by atoms with E-state index in [-0.39, 0.29) is 0 Å². The average molecular weight is 251 g/mol. The van der Waals surface area contributed by atoms with Crippen LogP contribution in [0.15, 0.2) is 35.2 Å².